The Labute approximate surface area is 98.0 Å². The van der Waals surface area contributed by atoms with Gasteiger partial charge in [-0.15, -0.1) is 0 Å². The molecule has 0 saturated heterocycles. The van der Waals surface area contributed by atoms with E-state index in [1.165, 1.54) is 18.2 Å². The van der Waals surface area contributed by atoms with Gasteiger partial charge in [0.05, 0.1) is 5.92 Å². The molecule has 0 aliphatic rings. The fourth-order valence-electron chi connectivity index (χ4n) is 1.57. The van der Waals surface area contributed by atoms with E-state index in [-0.39, 0.29) is 5.56 Å². The van der Waals surface area contributed by atoms with E-state index in [1.807, 2.05) is 0 Å². The van der Waals surface area contributed by atoms with Gasteiger partial charge >= 0.3 is 5.97 Å². The lowest BCUT2D eigenvalue weighted by atomic mass is 9.91. The molecule has 0 aliphatic carbocycles. The Balaban J connectivity index is 3.07. The van der Waals surface area contributed by atoms with Crippen molar-refractivity contribution in [3.63, 3.8) is 0 Å². The van der Waals surface area contributed by atoms with Gasteiger partial charge in [-0.1, -0.05) is 18.5 Å². The van der Waals surface area contributed by atoms with Crippen LogP contribution in [-0.2, 0) is 4.79 Å². The lowest BCUT2D eigenvalue weighted by Crippen LogP contribution is -2.28. The van der Waals surface area contributed by atoms with E-state index in [4.69, 9.17) is 22.4 Å². The average Bonchev–Trinajstić information content (AvgIpc) is 2.22. The monoisotopic (exact) mass is 245 g/mol. The molecule has 1 rings (SSSR count). The molecular formula is C11H13ClFNO2. The Morgan fingerprint density at radius 3 is 2.75 bits per heavy atom. The lowest BCUT2D eigenvalue weighted by molar-refractivity contribution is -0.142. The van der Waals surface area contributed by atoms with Crippen LogP contribution in [-0.4, -0.2) is 11.1 Å². The summed E-state index contributed by atoms with van der Waals surface area (Å²) in [5, 5.41) is 9.27. The van der Waals surface area contributed by atoms with Gasteiger partial charge in [-0.25, -0.2) is 4.39 Å². The second kappa shape index (κ2) is 5.27. The van der Waals surface area contributed by atoms with Crippen molar-refractivity contribution in [3.8, 4) is 0 Å². The van der Waals surface area contributed by atoms with Gasteiger partial charge in [-0.3, -0.25) is 4.79 Å². The predicted octanol–water partition coefficient (Wildman–Crippen LogP) is 2.59. The average molecular weight is 246 g/mol. The number of halogens is 2. The first kappa shape index (κ1) is 12.9. The number of nitrogens with two attached hydrogens (primary N) is 1. The van der Waals surface area contributed by atoms with Crippen molar-refractivity contribution in [2.24, 2.45) is 11.7 Å². The van der Waals surface area contributed by atoms with Gasteiger partial charge in [0.1, 0.15) is 5.82 Å². The first-order valence-corrected chi connectivity index (χ1v) is 5.28. The Hall–Kier alpha value is -1.13. The SMILES string of the molecule is CCC(C(=O)O)C(N)c1cc(Cl)ccc1F. The molecule has 3 N–H and O–H groups in total. The smallest absolute Gasteiger partial charge is 0.308 e. The van der Waals surface area contributed by atoms with E-state index in [0.717, 1.165) is 0 Å². The zero-order valence-corrected chi connectivity index (χ0v) is 9.54. The number of carboxylic acids is 1. The summed E-state index contributed by atoms with van der Waals surface area (Å²) in [6.45, 7) is 1.70. The minimum absolute atomic E-state index is 0.141. The van der Waals surface area contributed by atoms with Crippen LogP contribution in [0.1, 0.15) is 24.9 Å². The molecule has 3 nitrogen and oxygen atoms in total. The van der Waals surface area contributed by atoms with Crippen LogP contribution in [0.5, 0.6) is 0 Å². The summed E-state index contributed by atoms with van der Waals surface area (Å²) in [6.07, 6.45) is 0.336. The second-order valence-corrected chi connectivity index (χ2v) is 3.98. The van der Waals surface area contributed by atoms with Crippen LogP contribution in [0.4, 0.5) is 4.39 Å². The standard InChI is InChI=1S/C11H13ClFNO2/c1-2-7(11(15)16)10(14)8-5-6(12)3-4-9(8)13/h3-5,7,10H,2,14H2,1H3,(H,15,16). The van der Waals surface area contributed by atoms with Crippen LogP contribution in [0.3, 0.4) is 0 Å². The number of carbonyl (C=O) groups is 1. The Morgan fingerprint density at radius 2 is 2.25 bits per heavy atom. The normalized spacial score (nSPS) is 14.5. The molecule has 0 bridgehead atoms. The third-order valence-electron chi connectivity index (χ3n) is 2.51. The highest BCUT2D eigenvalue weighted by Gasteiger charge is 2.26. The van der Waals surface area contributed by atoms with Crippen molar-refractivity contribution in [3.05, 3.63) is 34.6 Å². The maximum atomic E-state index is 13.4. The first-order valence-electron chi connectivity index (χ1n) is 4.90. The molecule has 1 aromatic carbocycles. The Bertz CT molecular complexity index is 398. The molecule has 0 spiro atoms. The molecule has 5 heteroatoms. The lowest BCUT2D eigenvalue weighted by Gasteiger charge is -2.19. The van der Waals surface area contributed by atoms with Gasteiger partial charge in [0.2, 0.25) is 0 Å². The van der Waals surface area contributed by atoms with Crippen LogP contribution in [0.2, 0.25) is 5.02 Å². The van der Waals surface area contributed by atoms with E-state index >= 15 is 0 Å². The van der Waals surface area contributed by atoms with Crippen LogP contribution < -0.4 is 5.73 Å². The fraction of sp³-hybridized carbons (Fsp3) is 0.364. The number of rotatable bonds is 4. The number of hydrogen-bond donors (Lipinski definition) is 2. The van der Waals surface area contributed by atoms with Crippen LogP contribution in [0, 0.1) is 11.7 Å². The maximum absolute atomic E-state index is 13.4. The fourth-order valence-corrected chi connectivity index (χ4v) is 1.75. The van der Waals surface area contributed by atoms with E-state index in [9.17, 15) is 9.18 Å². The van der Waals surface area contributed by atoms with E-state index in [2.05, 4.69) is 0 Å². The number of aliphatic carboxylic acids is 1. The summed E-state index contributed by atoms with van der Waals surface area (Å²) in [6, 6.07) is 3.06. The number of benzene rings is 1. The van der Waals surface area contributed by atoms with Crippen molar-refractivity contribution in [1.29, 1.82) is 0 Å². The summed E-state index contributed by atoms with van der Waals surface area (Å²) >= 11 is 5.72. The van der Waals surface area contributed by atoms with E-state index in [0.29, 0.717) is 11.4 Å². The van der Waals surface area contributed by atoms with Gasteiger partial charge in [-0.05, 0) is 24.6 Å². The van der Waals surface area contributed by atoms with E-state index < -0.39 is 23.7 Å². The number of carboxylic acid groups (broad SMARTS) is 1. The quantitative estimate of drug-likeness (QED) is 0.857. The van der Waals surface area contributed by atoms with Gasteiger partial charge in [-0.2, -0.15) is 0 Å². The summed E-state index contributed by atoms with van der Waals surface area (Å²) in [4.78, 5) is 10.9. The van der Waals surface area contributed by atoms with Crippen LogP contribution in [0.25, 0.3) is 0 Å². The summed E-state index contributed by atoms with van der Waals surface area (Å²) in [7, 11) is 0. The third kappa shape index (κ3) is 2.71. The molecule has 2 atom stereocenters. The topological polar surface area (TPSA) is 63.3 Å². The van der Waals surface area contributed by atoms with Crippen molar-refractivity contribution in [1.82, 2.24) is 0 Å². The first-order chi connectivity index (χ1) is 7.47. The molecule has 0 aromatic heterocycles. The van der Waals surface area contributed by atoms with Crippen LogP contribution >= 0.6 is 11.6 Å². The third-order valence-corrected chi connectivity index (χ3v) is 2.74. The molecule has 88 valence electrons. The molecule has 0 heterocycles. The van der Waals surface area contributed by atoms with Gasteiger partial charge in [0, 0.05) is 16.6 Å². The number of hydrogen-bond acceptors (Lipinski definition) is 2. The summed E-state index contributed by atoms with van der Waals surface area (Å²) in [5.74, 6) is -2.38. The maximum Gasteiger partial charge on any atom is 0.308 e. The van der Waals surface area contributed by atoms with Gasteiger partial charge in [0.15, 0.2) is 0 Å². The Kier molecular flexibility index (Phi) is 4.26. The molecule has 16 heavy (non-hydrogen) atoms. The summed E-state index contributed by atoms with van der Waals surface area (Å²) in [5.41, 5.74) is 5.88. The zero-order chi connectivity index (χ0) is 12.3. The van der Waals surface area contributed by atoms with Crippen molar-refractivity contribution in [2.75, 3.05) is 0 Å². The Morgan fingerprint density at radius 1 is 1.62 bits per heavy atom. The molecule has 0 amide bonds. The second-order valence-electron chi connectivity index (χ2n) is 3.54. The zero-order valence-electron chi connectivity index (χ0n) is 8.78. The minimum atomic E-state index is -1.03. The molecular weight excluding hydrogens is 233 g/mol. The predicted molar refractivity (Wildman–Crippen MR) is 59.8 cm³/mol. The minimum Gasteiger partial charge on any atom is -0.481 e. The van der Waals surface area contributed by atoms with Gasteiger partial charge < -0.3 is 10.8 Å². The molecule has 0 aliphatic heterocycles. The molecule has 2 unspecified atom stereocenters. The van der Waals surface area contributed by atoms with Crippen LogP contribution in [0.15, 0.2) is 18.2 Å². The largest absolute Gasteiger partial charge is 0.481 e. The molecule has 0 radical (unpaired) electrons. The van der Waals surface area contributed by atoms with Gasteiger partial charge in [0.25, 0.3) is 0 Å². The highest BCUT2D eigenvalue weighted by Crippen LogP contribution is 2.27. The molecule has 0 fully saturated rings. The highest BCUT2D eigenvalue weighted by atomic mass is 35.5. The molecule has 1 aromatic rings. The van der Waals surface area contributed by atoms with Crippen molar-refractivity contribution < 1.29 is 14.3 Å². The van der Waals surface area contributed by atoms with Crippen molar-refractivity contribution in [2.45, 2.75) is 19.4 Å². The highest BCUT2D eigenvalue weighted by molar-refractivity contribution is 6.30. The summed E-state index contributed by atoms with van der Waals surface area (Å²) < 4.78 is 13.4. The molecule has 0 saturated carbocycles. The van der Waals surface area contributed by atoms with Crippen molar-refractivity contribution >= 4 is 17.6 Å². The van der Waals surface area contributed by atoms with E-state index in [1.54, 1.807) is 6.92 Å².